The van der Waals surface area contributed by atoms with Crippen LogP contribution in [0.2, 0.25) is 0 Å². The molecule has 2 rings (SSSR count). The Kier molecular flexibility index (Phi) is 5.58. The van der Waals surface area contributed by atoms with Gasteiger partial charge in [0.15, 0.2) is 0 Å². The lowest BCUT2D eigenvalue weighted by atomic mass is 10.1. The highest BCUT2D eigenvalue weighted by molar-refractivity contribution is 9.10. The van der Waals surface area contributed by atoms with E-state index in [-0.39, 0.29) is 6.04 Å². The Balaban J connectivity index is 2.17. The van der Waals surface area contributed by atoms with Crippen LogP contribution >= 0.6 is 27.3 Å². The summed E-state index contributed by atoms with van der Waals surface area (Å²) in [7, 11) is 0. The van der Waals surface area contributed by atoms with E-state index < -0.39 is 0 Å². The number of nitrogens with one attached hydrogen (secondary N) is 2. The van der Waals surface area contributed by atoms with E-state index in [4.69, 9.17) is 0 Å². The van der Waals surface area contributed by atoms with Gasteiger partial charge in [-0.3, -0.25) is 0 Å². The van der Waals surface area contributed by atoms with Gasteiger partial charge in [-0.2, -0.15) is 0 Å². The van der Waals surface area contributed by atoms with E-state index in [9.17, 15) is 0 Å². The lowest BCUT2D eigenvalue weighted by molar-refractivity contribution is 0.866. The Labute approximate surface area is 138 Å². The first kappa shape index (κ1) is 16.2. The van der Waals surface area contributed by atoms with Crippen LogP contribution in [0.1, 0.15) is 41.6 Å². The summed E-state index contributed by atoms with van der Waals surface area (Å²) < 4.78 is 0.884. The molecule has 0 bridgehead atoms. The quantitative estimate of drug-likeness (QED) is 0.759. The van der Waals surface area contributed by atoms with Gasteiger partial charge < -0.3 is 10.6 Å². The van der Waals surface area contributed by atoms with Crippen molar-refractivity contribution in [2.45, 2.75) is 40.2 Å². The number of rotatable bonds is 6. The number of hydrogen-bond acceptors (Lipinski definition) is 5. The fourth-order valence-electron chi connectivity index (χ4n) is 2.20. The third-order valence-corrected chi connectivity index (χ3v) is 4.96. The van der Waals surface area contributed by atoms with E-state index in [0.29, 0.717) is 0 Å². The van der Waals surface area contributed by atoms with Gasteiger partial charge in [0.05, 0.1) is 6.04 Å². The minimum absolute atomic E-state index is 0.208. The van der Waals surface area contributed by atoms with Gasteiger partial charge in [0.1, 0.15) is 22.4 Å². The maximum Gasteiger partial charge on any atom is 0.146 e. The van der Waals surface area contributed by atoms with E-state index in [1.54, 1.807) is 6.33 Å². The van der Waals surface area contributed by atoms with Crippen LogP contribution in [0.25, 0.3) is 0 Å². The van der Waals surface area contributed by atoms with Crippen LogP contribution < -0.4 is 10.6 Å². The molecular formula is C15H21BrN4S. The first-order valence-corrected chi connectivity index (χ1v) is 8.71. The van der Waals surface area contributed by atoms with Gasteiger partial charge in [0, 0.05) is 16.3 Å². The zero-order valence-electron chi connectivity index (χ0n) is 12.8. The predicted molar refractivity (Wildman–Crippen MR) is 94.3 cm³/mol. The molecule has 2 N–H and O–H groups in total. The van der Waals surface area contributed by atoms with Crippen molar-refractivity contribution in [2.75, 3.05) is 17.2 Å². The second kappa shape index (κ2) is 7.22. The lowest BCUT2D eigenvalue weighted by Gasteiger charge is -2.17. The normalized spacial score (nSPS) is 12.2. The molecule has 2 aromatic heterocycles. The highest BCUT2D eigenvalue weighted by Crippen LogP contribution is 2.32. The van der Waals surface area contributed by atoms with Crippen molar-refractivity contribution in [3.8, 4) is 0 Å². The summed E-state index contributed by atoms with van der Waals surface area (Å²) in [5.41, 5.74) is 1.33. The Morgan fingerprint density at radius 2 is 2.00 bits per heavy atom. The molecule has 6 heteroatoms. The van der Waals surface area contributed by atoms with E-state index in [1.165, 1.54) is 15.3 Å². The van der Waals surface area contributed by atoms with Crippen LogP contribution in [0.3, 0.4) is 0 Å². The number of nitrogens with zero attached hydrogens (tertiary/aromatic N) is 2. The molecule has 0 aliphatic heterocycles. The molecule has 0 radical (unpaired) electrons. The molecule has 0 aromatic carbocycles. The zero-order chi connectivity index (χ0) is 15.4. The van der Waals surface area contributed by atoms with Crippen molar-refractivity contribution in [3.63, 3.8) is 0 Å². The van der Waals surface area contributed by atoms with Crippen LogP contribution in [-0.2, 0) is 0 Å². The van der Waals surface area contributed by atoms with Crippen molar-refractivity contribution in [1.29, 1.82) is 0 Å². The van der Waals surface area contributed by atoms with Gasteiger partial charge in [-0.05, 0) is 54.8 Å². The van der Waals surface area contributed by atoms with Gasteiger partial charge in [-0.1, -0.05) is 6.92 Å². The average molecular weight is 369 g/mol. The highest BCUT2D eigenvalue weighted by Gasteiger charge is 2.15. The predicted octanol–water partition coefficient (Wildman–Crippen LogP) is 4.91. The Hall–Kier alpha value is -1.14. The second-order valence-corrected chi connectivity index (χ2v) is 7.30. The third-order valence-electron chi connectivity index (χ3n) is 3.23. The largest absolute Gasteiger partial charge is 0.369 e. The average Bonchev–Trinajstić information content (AvgIpc) is 2.79. The van der Waals surface area contributed by atoms with Gasteiger partial charge in [0.25, 0.3) is 0 Å². The van der Waals surface area contributed by atoms with Crippen molar-refractivity contribution in [2.24, 2.45) is 0 Å². The SMILES string of the molecule is CCCNc1ncnc(NC(C)c2cc(C)sc2C)c1Br. The van der Waals surface area contributed by atoms with Gasteiger partial charge in [-0.25, -0.2) is 9.97 Å². The maximum atomic E-state index is 4.34. The summed E-state index contributed by atoms with van der Waals surface area (Å²) >= 11 is 5.42. The molecule has 4 nitrogen and oxygen atoms in total. The van der Waals surface area contributed by atoms with Crippen LogP contribution in [0.4, 0.5) is 11.6 Å². The van der Waals surface area contributed by atoms with Crippen LogP contribution in [0, 0.1) is 13.8 Å². The zero-order valence-corrected chi connectivity index (χ0v) is 15.2. The van der Waals surface area contributed by atoms with E-state index in [1.807, 2.05) is 11.3 Å². The van der Waals surface area contributed by atoms with Crippen LogP contribution in [0.15, 0.2) is 16.9 Å². The van der Waals surface area contributed by atoms with Crippen LogP contribution in [0.5, 0.6) is 0 Å². The Morgan fingerprint density at radius 3 is 2.62 bits per heavy atom. The molecule has 0 saturated heterocycles. The number of aromatic nitrogens is 2. The molecule has 1 atom stereocenters. The molecule has 21 heavy (non-hydrogen) atoms. The Bertz CT molecular complexity index is 612. The lowest BCUT2D eigenvalue weighted by Crippen LogP contribution is -2.11. The topological polar surface area (TPSA) is 49.8 Å². The maximum absolute atomic E-state index is 4.34. The smallest absolute Gasteiger partial charge is 0.146 e. The molecule has 0 aliphatic carbocycles. The van der Waals surface area contributed by atoms with E-state index in [0.717, 1.165) is 29.1 Å². The minimum Gasteiger partial charge on any atom is -0.369 e. The summed E-state index contributed by atoms with van der Waals surface area (Å²) in [6.07, 6.45) is 2.65. The number of thiophene rings is 1. The number of anilines is 2. The first-order valence-electron chi connectivity index (χ1n) is 7.10. The van der Waals surface area contributed by atoms with Gasteiger partial charge in [0.2, 0.25) is 0 Å². The summed E-state index contributed by atoms with van der Waals surface area (Å²) in [6.45, 7) is 9.48. The molecule has 0 saturated carbocycles. The van der Waals surface area contributed by atoms with Crippen molar-refractivity contribution < 1.29 is 0 Å². The summed E-state index contributed by atoms with van der Waals surface area (Å²) in [6, 6.07) is 2.45. The van der Waals surface area contributed by atoms with Crippen LogP contribution in [-0.4, -0.2) is 16.5 Å². The summed E-state index contributed by atoms with van der Waals surface area (Å²) in [5.74, 6) is 1.65. The molecule has 0 spiro atoms. The molecule has 0 amide bonds. The Morgan fingerprint density at radius 1 is 1.29 bits per heavy atom. The molecule has 0 fully saturated rings. The molecule has 1 unspecified atom stereocenters. The fourth-order valence-corrected chi connectivity index (χ4v) is 3.68. The number of halogens is 1. The summed E-state index contributed by atoms with van der Waals surface area (Å²) in [4.78, 5) is 11.3. The monoisotopic (exact) mass is 368 g/mol. The van der Waals surface area contributed by atoms with Gasteiger partial charge in [-0.15, -0.1) is 11.3 Å². The summed E-state index contributed by atoms with van der Waals surface area (Å²) in [5, 5.41) is 6.76. The van der Waals surface area contributed by atoms with Crippen molar-refractivity contribution in [1.82, 2.24) is 9.97 Å². The fraction of sp³-hybridized carbons (Fsp3) is 0.467. The second-order valence-electron chi connectivity index (χ2n) is 5.05. The van der Waals surface area contributed by atoms with E-state index in [2.05, 4.69) is 70.3 Å². The molecule has 2 aromatic rings. The highest BCUT2D eigenvalue weighted by atomic mass is 79.9. The van der Waals surface area contributed by atoms with E-state index >= 15 is 0 Å². The molecule has 114 valence electrons. The molecule has 0 aliphatic rings. The first-order chi connectivity index (χ1) is 10.0. The van der Waals surface area contributed by atoms with Crippen molar-refractivity contribution >= 4 is 38.9 Å². The standard InChI is InChI=1S/C15H21BrN4S/c1-5-6-17-14-13(16)15(19-8-18-14)20-10(3)12-7-9(2)21-11(12)4/h7-8,10H,5-6H2,1-4H3,(H2,17,18,19,20). The van der Waals surface area contributed by atoms with Gasteiger partial charge >= 0.3 is 0 Å². The molecular weight excluding hydrogens is 348 g/mol. The number of aryl methyl sites for hydroxylation is 2. The number of hydrogen-bond donors (Lipinski definition) is 2. The minimum atomic E-state index is 0.208. The third kappa shape index (κ3) is 3.95. The molecule has 2 heterocycles. The van der Waals surface area contributed by atoms with Crippen molar-refractivity contribution in [3.05, 3.63) is 32.2 Å².